The molecule has 1 unspecified atom stereocenters. The first-order valence-corrected chi connectivity index (χ1v) is 6.96. The van der Waals surface area contributed by atoms with Crippen molar-refractivity contribution in [2.45, 2.75) is 26.0 Å². The third-order valence-corrected chi connectivity index (χ3v) is 4.38. The molecule has 1 N–H and O–H groups in total. The number of nitrogens with zero attached hydrogens (tertiary/aromatic N) is 2. The van der Waals surface area contributed by atoms with Crippen molar-refractivity contribution < 1.29 is 5.11 Å². The van der Waals surface area contributed by atoms with E-state index >= 15 is 0 Å². The Morgan fingerprint density at radius 1 is 1.39 bits per heavy atom. The zero-order valence-electron chi connectivity index (χ0n) is 10.5. The maximum Gasteiger partial charge on any atom is 0.168 e. The molecule has 94 valence electrons. The summed E-state index contributed by atoms with van der Waals surface area (Å²) in [5, 5.41) is 10.9. The van der Waals surface area contributed by atoms with Crippen LogP contribution in [0.15, 0.2) is 40.2 Å². The van der Waals surface area contributed by atoms with E-state index < -0.39 is 0 Å². The van der Waals surface area contributed by atoms with Crippen LogP contribution in [0.3, 0.4) is 0 Å². The topological polar surface area (TPSA) is 35.8 Å². The smallest absolute Gasteiger partial charge is 0.168 e. The van der Waals surface area contributed by atoms with Crippen molar-refractivity contribution in [2.75, 3.05) is 6.54 Å². The van der Waals surface area contributed by atoms with Gasteiger partial charge in [0.1, 0.15) is 0 Å². The van der Waals surface area contributed by atoms with Crippen LogP contribution in [0.2, 0.25) is 0 Å². The first-order chi connectivity index (χ1) is 8.68. The van der Waals surface area contributed by atoms with E-state index in [1.54, 1.807) is 11.8 Å². The molecule has 0 spiro atoms. The fourth-order valence-corrected chi connectivity index (χ4v) is 3.53. The number of rotatable bonds is 2. The molecule has 3 rings (SSSR count). The van der Waals surface area contributed by atoms with Gasteiger partial charge < -0.3 is 10.0 Å². The van der Waals surface area contributed by atoms with E-state index in [9.17, 15) is 5.11 Å². The number of aliphatic hydroxyl groups excluding tert-OH is 1. The molecule has 2 aliphatic heterocycles. The van der Waals surface area contributed by atoms with E-state index in [1.807, 2.05) is 25.1 Å². The third-order valence-electron chi connectivity index (χ3n) is 3.37. The van der Waals surface area contributed by atoms with Gasteiger partial charge in [0, 0.05) is 4.91 Å². The van der Waals surface area contributed by atoms with E-state index in [-0.39, 0.29) is 12.1 Å². The molecule has 18 heavy (non-hydrogen) atoms. The average molecular weight is 260 g/mol. The largest absolute Gasteiger partial charge is 0.391 e. The minimum absolute atomic E-state index is 0.0696. The minimum Gasteiger partial charge on any atom is -0.391 e. The highest BCUT2D eigenvalue weighted by atomic mass is 32.2. The Hall–Kier alpha value is -1.26. The molecule has 3 nitrogen and oxygen atoms in total. The number of hydrogen-bond donors (Lipinski definition) is 1. The average Bonchev–Trinajstić information content (AvgIpc) is 2.87. The fourth-order valence-electron chi connectivity index (χ4n) is 2.48. The zero-order chi connectivity index (χ0) is 12.7. The number of thioether (sulfide) groups is 1. The molecule has 0 amide bonds. The standard InChI is InChI=1S/C14H16N2OS/c1-9(17)12-8-15-14-16(12)13(10(2)18-14)11-6-4-3-5-7-11/h3-7,9,12,17H,8H2,1-2H3/t9?,12-/m1/s1. The van der Waals surface area contributed by atoms with Crippen LogP contribution in [-0.2, 0) is 0 Å². The lowest BCUT2D eigenvalue weighted by atomic mass is 10.1. The van der Waals surface area contributed by atoms with Gasteiger partial charge in [-0.05, 0) is 19.4 Å². The Balaban J connectivity index is 2.03. The van der Waals surface area contributed by atoms with Crippen molar-refractivity contribution in [1.29, 1.82) is 0 Å². The summed E-state index contributed by atoms with van der Waals surface area (Å²) in [5.41, 5.74) is 2.39. The molecule has 0 aromatic heterocycles. The van der Waals surface area contributed by atoms with Crippen LogP contribution in [0, 0.1) is 0 Å². The summed E-state index contributed by atoms with van der Waals surface area (Å²) in [6.07, 6.45) is -0.378. The molecule has 0 radical (unpaired) electrons. The number of hydrogen-bond acceptors (Lipinski definition) is 4. The lowest BCUT2D eigenvalue weighted by molar-refractivity contribution is 0.132. The number of amidine groups is 1. The van der Waals surface area contributed by atoms with Crippen molar-refractivity contribution in [3.63, 3.8) is 0 Å². The molecule has 0 fully saturated rings. The van der Waals surface area contributed by atoms with E-state index in [1.165, 1.54) is 16.2 Å². The minimum atomic E-state index is -0.378. The lowest BCUT2D eigenvalue weighted by Crippen LogP contribution is -2.39. The van der Waals surface area contributed by atoms with Crippen LogP contribution in [0.4, 0.5) is 0 Å². The second kappa shape index (κ2) is 4.44. The summed E-state index contributed by atoms with van der Waals surface area (Å²) in [6, 6.07) is 10.4. The molecule has 2 heterocycles. The Morgan fingerprint density at radius 3 is 2.78 bits per heavy atom. The molecule has 1 aromatic rings. The van der Waals surface area contributed by atoms with E-state index in [0.717, 1.165) is 5.17 Å². The highest BCUT2D eigenvalue weighted by Gasteiger charge is 2.39. The normalized spacial score (nSPS) is 24.3. The van der Waals surface area contributed by atoms with Crippen molar-refractivity contribution in [2.24, 2.45) is 4.99 Å². The lowest BCUT2D eigenvalue weighted by Gasteiger charge is -2.28. The van der Waals surface area contributed by atoms with Crippen LogP contribution >= 0.6 is 11.8 Å². The van der Waals surface area contributed by atoms with Gasteiger partial charge in [0.15, 0.2) is 5.17 Å². The fraction of sp³-hybridized carbons (Fsp3) is 0.357. The summed E-state index contributed by atoms with van der Waals surface area (Å²) in [7, 11) is 0. The van der Waals surface area contributed by atoms with Gasteiger partial charge in [-0.3, -0.25) is 4.99 Å². The summed E-state index contributed by atoms with van der Waals surface area (Å²) in [4.78, 5) is 7.98. The molecule has 0 saturated heterocycles. The zero-order valence-corrected chi connectivity index (χ0v) is 11.3. The van der Waals surface area contributed by atoms with Crippen LogP contribution in [0.5, 0.6) is 0 Å². The second-order valence-corrected chi connectivity index (χ2v) is 5.86. The molecule has 0 saturated carbocycles. The van der Waals surface area contributed by atoms with Gasteiger partial charge >= 0.3 is 0 Å². The van der Waals surface area contributed by atoms with Crippen molar-refractivity contribution in [3.05, 3.63) is 40.8 Å². The Bertz CT molecular complexity index is 522. The predicted molar refractivity (Wildman–Crippen MR) is 76.2 cm³/mol. The molecular weight excluding hydrogens is 244 g/mol. The van der Waals surface area contributed by atoms with Crippen LogP contribution in [-0.4, -0.2) is 33.9 Å². The summed E-state index contributed by atoms with van der Waals surface area (Å²) < 4.78 is 0. The van der Waals surface area contributed by atoms with Gasteiger partial charge in [-0.1, -0.05) is 42.1 Å². The van der Waals surface area contributed by atoms with Crippen LogP contribution in [0.25, 0.3) is 5.70 Å². The van der Waals surface area contributed by atoms with Gasteiger partial charge in [-0.15, -0.1) is 0 Å². The van der Waals surface area contributed by atoms with E-state index in [0.29, 0.717) is 6.54 Å². The third kappa shape index (κ3) is 1.76. The molecule has 4 heteroatoms. The Labute approximate surface area is 111 Å². The maximum atomic E-state index is 9.90. The predicted octanol–water partition coefficient (Wildman–Crippen LogP) is 2.54. The first-order valence-electron chi connectivity index (χ1n) is 6.14. The summed E-state index contributed by atoms with van der Waals surface area (Å²) in [5.74, 6) is 0. The van der Waals surface area contributed by atoms with Gasteiger partial charge in [-0.2, -0.15) is 0 Å². The number of aliphatic imine (C=N–C) groups is 1. The van der Waals surface area contributed by atoms with Crippen molar-refractivity contribution >= 4 is 22.6 Å². The van der Waals surface area contributed by atoms with Crippen molar-refractivity contribution in [1.82, 2.24) is 4.90 Å². The van der Waals surface area contributed by atoms with Gasteiger partial charge in [0.05, 0.1) is 24.4 Å². The second-order valence-electron chi connectivity index (χ2n) is 4.67. The molecule has 1 aromatic carbocycles. The van der Waals surface area contributed by atoms with Gasteiger partial charge in [0.2, 0.25) is 0 Å². The number of allylic oxidation sites excluding steroid dienone is 1. The highest BCUT2D eigenvalue weighted by molar-refractivity contribution is 8.17. The monoisotopic (exact) mass is 260 g/mol. The molecular formula is C14H16N2OS. The SMILES string of the molecule is CC1=C(c2ccccc2)N2C(=NC[C@@H]2C(C)O)S1. The van der Waals surface area contributed by atoms with E-state index in [4.69, 9.17) is 0 Å². The van der Waals surface area contributed by atoms with E-state index in [2.05, 4.69) is 28.9 Å². The highest BCUT2D eigenvalue weighted by Crippen LogP contribution is 2.43. The number of benzene rings is 1. The van der Waals surface area contributed by atoms with Crippen LogP contribution < -0.4 is 0 Å². The number of fused-ring (bicyclic) bond motifs is 1. The van der Waals surface area contributed by atoms with Crippen LogP contribution in [0.1, 0.15) is 19.4 Å². The Kier molecular flexibility index (Phi) is 2.92. The summed E-state index contributed by atoms with van der Waals surface area (Å²) >= 11 is 1.70. The molecule has 2 atom stereocenters. The molecule has 0 bridgehead atoms. The summed E-state index contributed by atoms with van der Waals surface area (Å²) in [6.45, 7) is 4.64. The maximum absolute atomic E-state index is 9.90. The van der Waals surface area contributed by atoms with Gasteiger partial charge in [0.25, 0.3) is 0 Å². The quantitative estimate of drug-likeness (QED) is 0.887. The van der Waals surface area contributed by atoms with Gasteiger partial charge in [-0.25, -0.2) is 0 Å². The van der Waals surface area contributed by atoms with Crippen molar-refractivity contribution in [3.8, 4) is 0 Å². The molecule has 0 aliphatic carbocycles. The number of aliphatic hydroxyl groups is 1. The Morgan fingerprint density at radius 2 is 2.11 bits per heavy atom. The first kappa shape index (κ1) is 11.8. The molecule has 2 aliphatic rings.